The van der Waals surface area contributed by atoms with Crippen LogP contribution in [0, 0.1) is 5.82 Å². The van der Waals surface area contributed by atoms with Crippen LogP contribution in [0.25, 0.3) is 0 Å². The first-order valence-corrected chi connectivity index (χ1v) is 7.58. The number of nitrogens with two attached hydrogens (primary N) is 1. The van der Waals surface area contributed by atoms with E-state index >= 15 is 0 Å². The van der Waals surface area contributed by atoms with Crippen LogP contribution in [0.5, 0.6) is 0 Å². The van der Waals surface area contributed by atoms with Crippen LogP contribution in [0.1, 0.15) is 24.9 Å². The average Bonchev–Trinajstić information content (AvgIpc) is 2.47. The summed E-state index contributed by atoms with van der Waals surface area (Å²) in [5, 5.41) is 3.05. The topological polar surface area (TPSA) is 62.9 Å². The van der Waals surface area contributed by atoms with Crippen LogP contribution in [0.2, 0.25) is 0 Å². The summed E-state index contributed by atoms with van der Waals surface area (Å²) in [4.78, 5) is 6.35. The Morgan fingerprint density at radius 3 is 2.78 bits per heavy atom. The Balaban J connectivity index is 0.00000484. The van der Waals surface area contributed by atoms with E-state index in [1.807, 2.05) is 32.0 Å². The molecule has 7 heteroatoms. The second-order valence-electron chi connectivity index (χ2n) is 5.24. The largest absolute Gasteiger partial charge is 0.382 e. The third-order valence-electron chi connectivity index (χ3n) is 3.27. The molecule has 0 aliphatic carbocycles. The number of ether oxygens (including phenoxy) is 1. The van der Waals surface area contributed by atoms with Gasteiger partial charge in [0.15, 0.2) is 5.96 Å². The number of likely N-dealkylation sites (N-methyl/N-ethyl adjacent to an activating group) is 1. The van der Waals surface area contributed by atoms with Crippen molar-refractivity contribution >= 4 is 29.9 Å². The minimum atomic E-state index is -0.240. The molecule has 1 aromatic rings. The molecule has 5 nitrogen and oxygen atoms in total. The molecule has 0 heterocycles. The van der Waals surface area contributed by atoms with Gasteiger partial charge in [0.05, 0.1) is 12.6 Å². The lowest BCUT2D eigenvalue weighted by Crippen LogP contribution is -2.34. The molecule has 1 aromatic carbocycles. The molecule has 0 saturated heterocycles. The molecule has 0 aliphatic rings. The fourth-order valence-corrected chi connectivity index (χ4v) is 2.06. The molecule has 1 unspecified atom stereocenters. The molecule has 0 amide bonds. The smallest absolute Gasteiger partial charge is 0.188 e. The second-order valence-corrected chi connectivity index (χ2v) is 5.24. The molecular formula is C16H28FIN4O. The number of nitrogens with one attached hydrogen (secondary N) is 1. The molecule has 0 radical (unpaired) electrons. The van der Waals surface area contributed by atoms with Crippen LogP contribution < -0.4 is 11.1 Å². The Kier molecular flexibility index (Phi) is 12.0. The molecule has 0 fully saturated rings. The Morgan fingerprint density at radius 2 is 2.17 bits per heavy atom. The average molecular weight is 438 g/mol. The minimum Gasteiger partial charge on any atom is -0.382 e. The minimum absolute atomic E-state index is 0. The van der Waals surface area contributed by atoms with Gasteiger partial charge in [-0.15, -0.1) is 24.0 Å². The first-order valence-electron chi connectivity index (χ1n) is 7.58. The van der Waals surface area contributed by atoms with E-state index in [-0.39, 0.29) is 35.8 Å². The summed E-state index contributed by atoms with van der Waals surface area (Å²) in [6.45, 7) is 4.60. The molecule has 132 valence electrons. The predicted octanol–water partition coefficient (Wildman–Crippen LogP) is 2.38. The van der Waals surface area contributed by atoms with Crippen molar-refractivity contribution in [2.24, 2.45) is 10.7 Å². The summed E-state index contributed by atoms with van der Waals surface area (Å²) in [5.74, 6) is 0.162. The van der Waals surface area contributed by atoms with Crippen molar-refractivity contribution in [3.63, 3.8) is 0 Å². The van der Waals surface area contributed by atoms with Crippen molar-refractivity contribution in [2.45, 2.75) is 19.4 Å². The highest BCUT2D eigenvalue weighted by Gasteiger charge is 2.14. The summed E-state index contributed by atoms with van der Waals surface area (Å²) in [5.41, 5.74) is 6.74. The van der Waals surface area contributed by atoms with Crippen LogP contribution in [-0.2, 0) is 4.74 Å². The molecule has 23 heavy (non-hydrogen) atoms. The Labute approximate surface area is 155 Å². The maximum atomic E-state index is 13.4. The predicted molar refractivity (Wildman–Crippen MR) is 104 cm³/mol. The van der Waals surface area contributed by atoms with E-state index < -0.39 is 0 Å². The highest BCUT2D eigenvalue weighted by atomic mass is 127. The second kappa shape index (κ2) is 12.5. The SMILES string of the molecule is CCOCCCNC(N)=NCC(c1cccc(F)c1)N(C)C.I. The summed E-state index contributed by atoms with van der Waals surface area (Å²) < 4.78 is 18.6. The maximum absolute atomic E-state index is 13.4. The van der Waals surface area contributed by atoms with E-state index in [0.717, 1.165) is 25.1 Å². The zero-order valence-electron chi connectivity index (χ0n) is 14.1. The third kappa shape index (κ3) is 9.07. The molecule has 0 saturated carbocycles. The van der Waals surface area contributed by atoms with Crippen LogP contribution in [0.3, 0.4) is 0 Å². The number of aliphatic imine (C=N–C) groups is 1. The third-order valence-corrected chi connectivity index (χ3v) is 3.27. The standard InChI is InChI=1S/C16H27FN4O.HI/c1-4-22-10-6-9-19-16(18)20-12-15(21(2)3)13-7-5-8-14(17)11-13;/h5,7-8,11,15H,4,6,9-10,12H2,1-3H3,(H3,18,19,20);1H. The Morgan fingerprint density at radius 1 is 1.43 bits per heavy atom. The van der Waals surface area contributed by atoms with E-state index in [2.05, 4.69) is 10.3 Å². The van der Waals surface area contributed by atoms with Crippen molar-refractivity contribution in [1.29, 1.82) is 0 Å². The van der Waals surface area contributed by atoms with Crippen LogP contribution in [0.4, 0.5) is 4.39 Å². The fourth-order valence-electron chi connectivity index (χ4n) is 2.06. The first kappa shape index (κ1) is 22.1. The van der Waals surface area contributed by atoms with E-state index in [1.165, 1.54) is 12.1 Å². The number of hydrogen-bond donors (Lipinski definition) is 2. The van der Waals surface area contributed by atoms with E-state index in [9.17, 15) is 4.39 Å². The summed E-state index contributed by atoms with van der Waals surface area (Å²) in [6.07, 6.45) is 0.880. The van der Waals surface area contributed by atoms with Gasteiger partial charge in [0.1, 0.15) is 5.82 Å². The molecule has 0 aromatic heterocycles. The quantitative estimate of drug-likeness (QED) is 0.269. The van der Waals surface area contributed by atoms with Crippen LogP contribution in [-0.4, -0.2) is 51.3 Å². The molecular weight excluding hydrogens is 410 g/mol. The number of guanidine groups is 1. The van der Waals surface area contributed by atoms with E-state index in [1.54, 1.807) is 6.07 Å². The molecule has 3 N–H and O–H groups in total. The van der Waals surface area contributed by atoms with E-state index in [0.29, 0.717) is 19.1 Å². The van der Waals surface area contributed by atoms with Gasteiger partial charge in [-0.1, -0.05) is 12.1 Å². The van der Waals surface area contributed by atoms with Gasteiger partial charge in [-0.05, 0) is 45.1 Å². The van der Waals surface area contributed by atoms with Gasteiger partial charge in [0.25, 0.3) is 0 Å². The van der Waals surface area contributed by atoms with Gasteiger partial charge in [0.2, 0.25) is 0 Å². The van der Waals surface area contributed by atoms with Crippen LogP contribution >= 0.6 is 24.0 Å². The van der Waals surface area contributed by atoms with Gasteiger partial charge >= 0.3 is 0 Å². The van der Waals surface area contributed by atoms with Crippen molar-refractivity contribution in [3.8, 4) is 0 Å². The number of rotatable bonds is 9. The van der Waals surface area contributed by atoms with Gasteiger partial charge in [-0.2, -0.15) is 0 Å². The van der Waals surface area contributed by atoms with Gasteiger partial charge < -0.3 is 20.7 Å². The molecule has 0 aliphatic heterocycles. The first-order chi connectivity index (χ1) is 10.5. The van der Waals surface area contributed by atoms with Crippen molar-refractivity contribution in [2.75, 3.05) is 40.4 Å². The Bertz CT molecular complexity index is 471. The molecule has 1 atom stereocenters. The zero-order chi connectivity index (χ0) is 16.4. The number of nitrogens with zero attached hydrogens (tertiary/aromatic N) is 2. The lowest BCUT2D eigenvalue weighted by atomic mass is 10.1. The number of halogens is 2. The lowest BCUT2D eigenvalue weighted by Gasteiger charge is -2.23. The zero-order valence-corrected chi connectivity index (χ0v) is 16.4. The molecule has 0 spiro atoms. The van der Waals surface area contributed by atoms with E-state index in [4.69, 9.17) is 10.5 Å². The van der Waals surface area contributed by atoms with Gasteiger partial charge in [0, 0.05) is 19.8 Å². The highest BCUT2D eigenvalue weighted by Crippen LogP contribution is 2.19. The van der Waals surface area contributed by atoms with Crippen molar-refractivity contribution in [3.05, 3.63) is 35.6 Å². The Hall–Kier alpha value is -0.930. The monoisotopic (exact) mass is 438 g/mol. The number of hydrogen-bond acceptors (Lipinski definition) is 3. The summed E-state index contributed by atoms with van der Waals surface area (Å²) >= 11 is 0. The number of benzene rings is 1. The van der Waals surface area contributed by atoms with Crippen LogP contribution in [0.15, 0.2) is 29.3 Å². The lowest BCUT2D eigenvalue weighted by molar-refractivity contribution is 0.145. The van der Waals surface area contributed by atoms with Crippen molar-refractivity contribution < 1.29 is 9.13 Å². The highest BCUT2D eigenvalue weighted by molar-refractivity contribution is 14.0. The summed E-state index contributed by atoms with van der Waals surface area (Å²) in [6, 6.07) is 6.56. The maximum Gasteiger partial charge on any atom is 0.188 e. The van der Waals surface area contributed by atoms with Gasteiger partial charge in [-0.25, -0.2) is 4.39 Å². The normalized spacial score (nSPS) is 12.8. The molecule has 1 rings (SSSR count). The summed E-state index contributed by atoms with van der Waals surface area (Å²) in [7, 11) is 3.88. The van der Waals surface area contributed by atoms with Crippen molar-refractivity contribution in [1.82, 2.24) is 10.2 Å². The van der Waals surface area contributed by atoms with Gasteiger partial charge in [-0.3, -0.25) is 4.99 Å². The molecule has 0 bridgehead atoms. The fraction of sp³-hybridized carbons (Fsp3) is 0.562.